The number of amides is 2. The van der Waals surface area contributed by atoms with Crippen LogP contribution >= 0.6 is 0 Å². The van der Waals surface area contributed by atoms with Crippen LogP contribution in [0.2, 0.25) is 0 Å². The fourth-order valence-corrected chi connectivity index (χ4v) is 2.36. The van der Waals surface area contributed by atoms with Gasteiger partial charge in [-0.3, -0.25) is 9.59 Å². The van der Waals surface area contributed by atoms with Crippen molar-refractivity contribution in [3.05, 3.63) is 59.7 Å². The van der Waals surface area contributed by atoms with E-state index < -0.39 is 5.91 Å². The Hall–Kier alpha value is -3.35. The largest absolute Gasteiger partial charge is 0.493 e. The lowest BCUT2D eigenvalue weighted by Gasteiger charge is -2.11. The molecule has 0 spiro atoms. The number of carbonyl (C=O) groups excluding carboxylic acids is 2. The second-order valence-electron chi connectivity index (χ2n) is 6.85. The van der Waals surface area contributed by atoms with Crippen LogP contribution in [0.15, 0.2) is 53.6 Å². The maximum absolute atomic E-state index is 11.8. The van der Waals surface area contributed by atoms with E-state index >= 15 is 0 Å². The molecular formula is C22H27N3O4. The van der Waals surface area contributed by atoms with Crippen molar-refractivity contribution in [3.63, 3.8) is 0 Å². The topological polar surface area (TPSA) is 89.0 Å². The third-order valence-electron chi connectivity index (χ3n) is 3.86. The van der Waals surface area contributed by atoms with E-state index in [9.17, 15) is 9.59 Å². The lowest BCUT2D eigenvalue weighted by Crippen LogP contribution is -2.32. The Morgan fingerprint density at radius 3 is 2.52 bits per heavy atom. The van der Waals surface area contributed by atoms with Gasteiger partial charge in [0, 0.05) is 6.54 Å². The molecule has 0 saturated heterocycles. The number of rotatable bonds is 10. The lowest BCUT2D eigenvalue weighted by atomic mass is 10.2. The van der Waals surface area contributed by atoms with Gasteiger partial charge in [-0.05, 0) is 35.2 Å². The molecule has 2 aromatic rings. The highest BCUT2D eigenvalue weighted by Crippen LogP contribution is 2.28. The molecule has 7 nitrogen and oxygen atoms in total. The molecule has 0 aliphatic carbocycles. The van der Waals surface area contributed by atoms with Gasteiger partial charge in [0.15, 0.2) is 11.5 Å². The summed E-state index contributed by atoms with van der Waals surface area (Å²) in [5, 5.41) is 6.57. The zero-order valence-electron chi connectivity index (χ0n) is 17.0. The first-order valence-electron chi connectivity index (χ1n) is 9.41. The molecule has 29 heavy (non-hydrogen) atoms. The highest BCUT2D eigenvalue weighted by Gasteiger charge is 2.09. The van der Waals surface area contributed by atoms with E-state index in [1.807, 2.05) is 44.2 Å². The number of hydrogen-bond donors (Lipinski definition) is 2. The molecule has 7 heteroatoms. The molecule has 2 rings (SSSR count). The van der Waals surface area contributed by atoms with Crippen molar-refractivity contribution in [3.8, 4) is 11.5 Å². The fourth-order valence-electron chi connectivity index (χ4n) is 2.36. The second-order valence-corrected chi connectivity index (χ2v) is 6.85. The van der Waals surface area contributed by atoms with Gasteiger partial charge in [0.25, 0.3) is 0 Å². The smallest absolute Gasteiger partial charge is 0.249 e. The average Bonchev–Trinajstić information content (AvgIpc) is 2.71. The Kier molecular flexibility index (Phi) is 8.69. The van der Waals surface area contributed by atoms with Crippen molar-refractivity contribution in [1.82, 2.24) is 10.7 Å². The molecule has 154 valence electrons. The van der Waals surface area contributed by atoms with Crippen LogP contribution in [0.5, 0.6) is 11.5 Å². The standard InChI is InChI=1S/C22H27N3O4/c1-16(2)13-23-21(26)12-22(27)25-24-14-18-9-10-19(20(11-18)28-3)29-15-17-7-5-4-6-8-17/h4-11,14,16H,12-13,15H2,1-3H3,(H,23,26)(H,25,27). The van der Waals surface area contributed by atoms with Gasteiger partial charge < -0.3 is 14.8 Å². The normalized spacial score (nSPS) is 10.8. The highest BCUT2D eigenvalue weighted by atomic mass is 16.5. The van der Waals surface area contributed by atoms with Crippen LogP contribution in [-0.4, -0.2) is 31.7 Å². The molecule has 2 N–H and O–H groups in total. The first-order chi connectivity index (χ1) is 14.0. The number of hydrazone groups is 1. The number of nitrogens with zero attached hydrogens (tertiary/aromatic N) is 1. The molecular weight excluding hydrogens is 370 g/mol. The van der Waals surface area contributed by atoms with E-state index in [-0.39, 0.29) is 12.3 Å². The Bertz CT molecular complexity index is 835. The van der Waals surface area contributed by atoms with Crippen LogP contribution in [0.4, 0.5) is 0 Å². The minimum atomic E-state index is -0.475. The Balaban J connectivity index is 1.87. The average molecular weight is 397 g/mol. The third kappa shape index (κ3) is 8.04. The van der Waals surface area contributed by atoms with Gasteiger partial charge in [-0.2, -0.15) is 5.10 Å². The van der Waals surface area contributed by atoms with E-state index in [0.717, 1.165) is 11.1 Å². The predicted octanol–water partition coefficient (Wildman–Crippen LogP) is 2.89. The van der Waals surface area contributed by atoms with E-state index in [2.05, 4.69) is 15.8 Å². The number of hydrogen-bond acceptors (Lipinski definition) is 5. The molecule has 0 heterocycles. The number of carbonyl (C=O) groups is 2. The predicted molar refractivity (Wildman–Crippen MR) is 112 cm³/mol. The van der Waals surface area contributed by atoms with Crippen LogP contribution < -0.4 is 20.2 Å². The summed E-state index contributed by atoms with van der Waals surface area (Å²) >= 11 is 0. The van der Waals surface area contributed by atoms with Gasteiger partial charge in [0.05, 0.1) is 13.3 Å². The van der Waals surface area contributed by atoms with Gasteiger partial charge in [0.2, 0.25) is 11.8 Å². The molecule has 0 fully saturated rings. The van der Waals surface area contributed by atoms with Gasteiger partial charge in [-0.1, -0.05) is 44.2 Å². The minimum absolute atomic E-state index is 0.264. The van der Waals surface area contributed by atoms with Crippen LogP contribution in [0.25, 0.3) is 0 Å². The van der Waals surface area contributed by atoms with E-state index in [1.54, 1.807) is 25.3 Å². The van der Waals surface area contributed by atoms with Crippen LogP contribution in [-0.2, 0) is 16.2 Å². The molecule has 0 aliphatic rings. The van der Waals surface area contributed by atoms with Crippen molar-refractivity contribution >= 4 is 18.0 Å². The van der Waals surface area contributed by atoms with Crippen LogP contribution in [0.3, 0.4) is 0 Å². The maximum Gasteiger partial charge on any atom is 0.249 e. The summed E-state index contributed by atoms with van der Waals surface area (Å²) in [5.41, 5.74) is 4.12. The molecule has 0 atom stereocenters. The van der Waals surface area contributed by atoms with Crippen LogP contribution in [0, 0.1) is 5.92 Å². The van der Waals surface area contributed by atoms with Crippen LogP contribution in [0.1, 0.15) is 31.4 Å². The minimum Gasteiger partial charge on any atom is -0.493 e. The van der Waals surface area contributed by atoms with Crippen molar-refractivity contribution in [2.75, 3.05) is 13.7 Å². The number of ether oxygens (including phenoxy) is 2. The molecule has 2 amide bonds. The highest BCUT2D eigenvalue weighted by molar-refractivity contribution is 5.97. The van der Waals surface area contributed by atoms with E-state index in [4.69, 9.17) is 9.47 Å². The summed E-state index contributed by atoms with van der Waals surface area (Å²) < 4.78 is 11.2. The fraction of sp³-hybridized carbons (Fsp3) is 0.318. The molecule has 0 aliphatic heterocycles. The zero-order valence-corrected chi connectivity index (χ0v) is 17.0. The van der Waals surface area contributed by atoms with Gasteiger partial charge in [0.1, 0.15) is 13.0 Å². The summed E-state index contributed by atoms with van der Waals surface area (Å²) in [6.07, 6.45) is 1.22. The molecule has 0 saturated carbocycles. The lowest BCUT2D eigenvalue weighted by molar-refractivity contribution is -0.129. The molecule has 0 aromatic heterocycles. The summed E-state index contributed by atoms with van der Waals surface area (Å²) in [6.45, 7) is 4.93. The summed E-state index contributed by atoms with van der Waals surface area (Å²) in [4.78, 5) is 23.4. The third-order valence-corrected chi connectivity index (χ3v) is 3.86. The molecule has 0 radical (unpaired) electrons. The summed E-state index contributed by atoms with van der Waals surface area (Å²) in [7, 11) is 1.56. The molecule has 2 aromatic carbocycles. The Morgan fingerprint density at radius 2 is 1.83 bits per heavy atom. The van der Waals surface area contributed by atoms with Gasteiger partial charge in [-0.15, -0.1) is 0 Å². The summed E-state index contributed by atoms with van der Waals surface area (Å²) in [6, 6.07) is 15.2. The Morgan fingerprint density at radius 1 is 1.07 bits per heavy atom. The summed E-state index contributed by atoms with van der Waals surface area (Å²) in [5.74, 6) is 0.698. The molecule has 0 bridgehead atoms. The van der Waals surface area contributed by atoms with Crippen molar-refractivity contribution < 1.29 is 19.1 Å². The monoisotopic (exact) mass is 397 g/mol. The number of benzene rings is 2. The number of nitrogens with one attached hydrogen (secondary N) is 2. The van der Waals surface area contributed by atoms with Crippen molar-refractivity contribution in [1.29, 1.82) is 0 Å². The van der Waals surface area contributed by atoms with E-state index in [0.29, 0.717) is 30.6 Å². The maximum atomic E-state index is 11.8. The quantitative estimate of drug-likeness (QED) is 0.367. The SMILES string of the molecule is COc1cc(C=NNC(=O)CC(=O)NCC(C)C)ccc1OCc1ccccc1. The zero-order chi connectivity index (χ0) is 21.1. The molecule has 0 unspecified atom stereocenters. The van der Waals surface area contributed by atoms with Gasteiger partial charge >= 0.3 is 0 Å². The first-order valence-corrected chi connectivity index (χ1v) is 9.41. The number of methoxy groups -OCH3 is 1. The van der Waals surface area contributed by atoms with E-state index in [1.165, 1.54) is 6.21 Å². The first kappa shape index (κ1) is 21.9. The van der Waals surface area contributed by atoms with Crippen molar-refractivity contribution in [2.24, 2.45) is 11.0 Å². The van der Waals surface area contributed by atoms with Gasteiger partial charge in [-0.25, -0.2) is 5.43 Å². The second kappa shape index (κ2) is 11.5. The van der Waals surface area contributed by atoms with Crippen molar-refractivity contribution in [2.45, 2.75) is 26.9 Å². The Labute approximate surface area is 171 Å².